The number of nitrogens with zero attached hydrogens (tertiary/aromatic N) is 2. The molecule has 2 heterocycles. The molecule has 2 N–H and O–H groups in total. The first-order valence-corrected chi connectivity index (χ1v) is 15.7. The average Bonchev–Trinajstić information content (AvgIpc) is 3.64. The van der Waals surface area contributed by atoms with Gasteiger partial charge in [-0.15, -0.1) is 0 Å². The number of amides is 1. The zero-order chi connectivity index (χ0) is 29.3. The van der Waals surface area contributed by atoms with Gasteiger partial charge in [0.2, 0.25) is 0 Å². The molecule has 13 heteroatoms. The molecule has 4 fully saturated rings. The van der Waals surface area contributed by atoms with Crippen LogP contribution in [0.15, 0.2) is 41.4 Å². The van der Waals surface area contributed by atoms with E-state index in [1.165, 1.54) is 42.4 Å². The molecule has 1 aromatic heterocycles. The topological polar surface area (TPSA) is 109 Å². The maximum absolute atomic E-state index is 13.3. The number of ether oxygens (including phenoxy) is 1. The smallest absolute Gasteiger partial charge is 0.417 e. The van der Waals surface area contributed by atoms with Gasteiger partial charge in [0.1, 0.15) is 11.6 Å². The van der Waals surface area contributed by atoms with Gasteiger partial charge in [-0.25, -0.2) is 9.71 Å². The Morgan fingerprint density at radius 1 is 1.07 bits per heavy atom. The van der Waals surface area contributed by atoms with Crippen LogP contribution in [0.5, 0.6) is 5.75 Å². The van der Waals surface area contributed by atoms with Gasteiger partial charge >= 0.3 is 6.18 Å². The van der Waals surface area contributed by atoms with E-state index in [0.29, 0.717) is 34.9 Å². The standard InChI is InChI=1S/C28H31ClF3N3O5S/c29-19-5-6-20(18-16-25(17-18)7-2-8-25)21(15-19)40-26(9-10-26)24(36)34-41(38,39)23-4-1-3-22(33-23)35-13-11-27(37,12-14-35)28(30,31)32/h1,3-6,15,18,37H,2,7-14,16-17H2,(H,34,36). The summed E-state index contributed by atoms with van der Waals surface area (Å²) in [4.78, 5) is 18.8. The lowest BCUT2D eigenvalue weighted by Gasteiger charge is -2.54. The number of alkyl halides is 3. The van der Waals surface area contributed by atoms with Crippen LogP contribution in [0.4, 0.5) is 19.0 Å². The van der Waals surface area contributed by atoms with Gasteiger partial charge in [0.25, 0.3) is 15.9 Å². The molecule has 2 aromatic rings. The van der Waals surface area contributed by atoms with Crippen molar-refractivity contribution < 1.29 is 36.2 Å². The van der Waals surface area contributed by atoms with E-state index >= 15 is 0 Å². The largest absolute Gasteiger partial charge is 0.477 e. The number of nitrogens with one attached hydrogen (secondary N) is 1. The molecule has 6 rings (SSSR count). The van der Waals surface area contributed by atoms with Crippen molar-refractivity contribution in [1.82, 2.24) is 9.71 Å². The van der Waals surface area contributed by atoms with Crippen molar-refractivity contribution in [3.8, 4) is 5.75 Å². The molecular formula is C28H31ClF3N3O5S. The minimum atomic E-state index is -4.76. The van der Waals surface area contributed by atoms with E-state index in [0.717, 1.165) is 18.4 Å². The first-order chi connectivity index (χ1) is 19.2. The molecule has 1 aliphatic heterocycles. The van der Waals surface area contributed by atoms with Crippen LogP contribution in [0.3, 0.4) is 0 Å². The lowest BCUT2D eigenvalue weighted by Crippen LogP contribution is -2.53. The van der Waals surface area contributed by atoms with E-state index in [9.17, 15) is 31.5 Å². The Morgan fingerprint density at radius 3 is 2.34 bits per heavy atom. The number of pyridine rings is 1. The quantitative estimate of drug-likeness (QED) is 0.448. The number of hydrogen-bond donors (Lipinski definition) is 2. The van der Waals surface area contributed by atoms with Gasteiger partial charge in [-0.2, -0.15) is 21.6 Å². The molecule has 222 valence electrons. The van der Waals surface area contributed by atoms with Crippen LogP contribution in [0.1, 0.15) is 69.3 Å². The van der Waals surface area contributed by atoms with E-state index in [4.69, 9.17) is 16.3 Å². The molecule has 0 radical (unpaired) electrons. The van der Waals surface area contributed by atoms with Crippen LogP contribution in [-0.2, 0) is 14.8 Å². The Bertz CT molecular complexity index is 1460. The normalized spacial score (nSPS) is 22.9. The van der Waals surface area contributed by atoms with Crippen LogP contribution in [0.2, 0.25) is 5.02 Å². The molecule has 41 heavy (non-hydrogen) atoms. The summed E-state index contributed by atoms with van der Waals surface area (Å²) in [6.07, 6.45) is 0.617. The summed E-state index contributed by atoms with van der Waals surface area (Å²) < 4.78 is 74.1. The zero-order valence-corrected chi connectivity index (χ0v) is 23.8. The number of aliphatic hydroxyl groups is 1. The predicted molar refractivity (Wildman–Crippen MR) is 144 cm³/mol. The van der Waals surface area contributed by atoms with Crippen LogP contribution >= 0.6 is 11.6 Å². The highest BCUT2D eigenvalue weighted by atomic mass is 35.5. The molecule has 0 unspecified atom stereocenters. The first-order valence-electron chi connectivity index (χ1n) is 13.8. The molecule has 1 aromatic carbocycles. The second kappa shape index (κ2) is 9.74. The maximum atomic E-state index is 13.3. The average molecular weight is 614 g/mol. The van der Waals surface area contributed by atoms with Crippen LogP contribution in [0, 0.1) is 5.41 Å². The summed E-state index contributed by atoms with van der Waals surface area (Å²) in [6, 6.07) is 9.47. The number of piperidine rings is 1. The minimum absolute atomic E-state index is 0.134. The van der Waals surface area contributed by atoms with Gasteiger partial charge in [0.05, 0.1) is 0 Å². The summed E-state index contributed by atoms with van der Waals surface area (Å²) >= 11 is 6.25. The number of benzene rings is 1. The molecule has 0 atom stereocenters. The maximum Gasteiger partial charge on any atom is 0.417 e. The second-order valence-electron chi connectivity index (χ2n) is 12.0. The third-order valence-electron chi connectivity index (χ3n) is 9.27. The summed E-state index contributed by atoms with van der Waals surface area (Å²) in [7, 11) is -4.41. The molecule has 3 saturated carbocycles. The number of hydrogen-bond acceptors (Lipinski definition) is 7. The van der Waals surface area contributed by atoms with Gasteiger partial charge in [0.15, 0.2) is 16.2 Å². The lowest BCUT2D eigenvalue weighted by molar-refractivity contribution is -0.266. The predicted octanol–water partition coefficient (Wildman–Crippen LogP) is 5.09. The fraction of sp³-hybridized carbons (Fsp3) is 0.571. The summed E-state index contributed by atoms with van der Waals surface area (Å²) in [5.74, 6) is 0.118. The van der Waals surface area contributed by atoms with E-state index in [2.05, 4.69) is 9.71 Å². The summed E-state index contributed by atoms with van der Waals surface area (Å²) in [5, 5.41) is 9.94. The van der Waals surface area contributed by atoms with E-state index in [1.807, 2.05) is 6.07 Å². The molecule has 1 saturated heterocycles. The van der Waals surface area contributed by atoms with E-state index in [-0.39, 0.29) is 18.9 Å². The second-order valence-corrected chi connectivity index (χ2v) is 14.1. The van der Waals surface area contributed by atoms with Crippen molar-refractivity contribution in [1.29, 1.82) is 0 Å². The van der Waals surface area contributed by atoms with Crippen LogP contribution in [0.25, 0.3) is 0 Å². The monoisotopic (exact) mass is 613 g/mol. The number of rotatable bonds is 7. The van der Waals surface area contributed by atoms with E-state index < -0.39 is 51.2 Å². The minimum Gasteiger partial charge on any atom is -0.477 e. The summed E-state index contributed by atoms with van der Waals surface area (Å²) in [5.41, 5.74) is -2.74. The number of sulfonamides is 1. The Balaban J connectivity index is 1.14. The molecule has 1 spiro atoms. The number of aromatic nitrogens is 1. The van der Waals surface area contributed by atoms with Crippen molar-refractivity contribution in [3.63, 3.8) is 0 Å². The fourth-order valence-corrected chi connectivity index (χ4v) is 7.48. The third kappa shape index (κ3) is 5.27. The van der Waals surface area contributed by atoms with Gasteiger partial charge in [-0.3, -0.25) is 4.79 Å². The Morgan fingerprint density at radius 2 is 1.76 bits per heavy atom. The Kier molecular flexibility index (Phi) is 6.78. The van der Waals surface area contributed by atoms with Crippen molar-refractivity contribution in [2.75, 3.05) is 18.0 Å². The highest BCUT2D eigenvalue weighted by Crippen LogP contribution is 2.63. The highest BCUT2D eigenvalue weighted by Gasteiger charge is 2.56. The number of anilines is 1. The van der Waals surface area contributed by atoms with Crippen molar-refractivity contribution in [2.45, 2.75) is 86.1 Å². The Hall–Kier alpha value is -2.57. The third-order valence-corrected chi connectivity index (χ3v) is 10.7. The number of carbonyl (C=O) groups excluding carboxylic acids is 1. The van der Waals surface area contributed by atoms with Crippen LogP contribution < -0.4 is 14.4 Å². The molecule has 0 bridgehead atoms. The molecule has 8 nitrogen and oxygen atoms in total. The summed E-state index contributed by atoms with van der Waals surface area (Å²) in [6.45, 7) is -0.334. The van der Waals surface area contributed by atoms with Gasteiger partial charge in [-0.05, 0) is 66.8 Å². The highest BCUT2D eigenvalue weighted by molar-refractivity contribution is 7.90. The SMILES string of the molecule is O=C(NS(=O)(=O)c1cccc(N2CCC(O)(C(F)(F)F)CC2)n1)C1(Oc2cc(Cl)ccc2C2CC3(CCC3)C2)CC1. The molecule has 3 aliphatic carbocycles. The number of halogens is 4. The Labute approximate surface area is 241 Å². The van der Waals surface area contributed by atoms with Gasteiger partial charge < -0.3 is 14.7 Å². The van der Waals surface area contributed by atoms with E-state index in [1.54, 1.807) is 12.1 Å². The first kappa shape index (κ1) is 28.5. The fourth-order valence-electron chi connectivity index (χ4n) is 6.31. The van der Waals surface area contributed by atoms with Gasteiger partial charge in [-0.1, -0.05) is 30.2 Å². The molecular weight excluding hydrogens is 583 g/mol. The molecule has 4 aliphatic rings. The van der Waals surface area contributed by atoms with Crippen molar-refractivity contribution in [2.24, 2.45) is 5.41 Å². The van der Waals surface area contributed by atoms with Gasteiger partial charge in [0, 0.05) is 43.8 Å². The zero-order valence-electron chi connectivity index (χ0n) is 22.2. The number of carbonyl (C=O) groups is 1. The van der Waals surface area contributed by atoms with Crippen molar-refractivity contribution >= 4 is 33.3 Å². The lowest BCUT2D eigenvalue weighted by atomic mass is 9.50. The van der Waals surface area contributed by atoms with Crippen LogP contribution in [-0.4, -0.2) is 54.9 Å². The molecule has 1 amide bonds. The van der Waals surface area contributed by atoms with Crippen molar-refractivity contribution in [3.05, 3.63) is 47.0 Å².